The molecule has 21 heavy (non-hydrogen) atoms. The molecule has 3 N–H and O–H groups in total. The first-order valence-corrected chi connectivity index (χ1v) is 8.06. The van der Waals surface area contributed by atoms with Crippen LogP contribution in [-0.4, -0.2) is 60.0 Å². The summed E-state index contributed by atoms with van der Waals surface area (Å²) in [5.74, 6) is 0.357. The van der Waals surface area contributed by atoms with Gasteiger partial charge in [-0.05, 0) is 25.7 Å². The van der Waals surface area contributed by atoms with Crippen molar-refractivity contribution >= 4 is 11.9 Å². The lowest BCUT2D eigenvalue weighted by Crippen LogP contribution is -2.52. The van der Waals surface area contributed by atoms with Crippen molar-refractivity contribution in [2.45, 2.75) is 51.6 Å². The first kappa shape index (κ1) is 16.1. The second kappa shape index (κ2) is 7.11. The Kier molecular flexibility index (Phi) is 5.45. The third-order valence-electron chi connectivity index (χ3n) is 4.58. The van der Waals surface area contributed by atoms with Crippen LogP contribution in [0.2, 0.25) is 0 Å². The van der Waals surface area contributed by atoms with Gasteiger partial charge in [-0.2, -0.15) is 0 Å². The van der Waals surface area contributed by atoms with E-state index in [0.29, 0.717) is 12.1 Å². The number of carbonyl (C=O) groups excluding carboxylic acids is 2. The molecule has 0 saturated carbocycles. The monoisotopic (exact) mass is 296 g/mol. The first-order chi connectivity index (χ1) is 9.97. The molecule has 0 aromatic heterocycles. The first-order valence-electron chi connectivity index (χ1n) is 8.06. The summed E-state index contributed by atoms with van der Waals surface area (Å²) in [7, 11) is 0. The van der Waals surface area contributed by atoms with E-state index in [4.69, 9.17) is 5.73 Å². The minimum Gasteiger partial charge on any atom is -0.351 e. The van der Waals surface area contributed by atoms with Crippen LogP contribution in [-0.2, 0) is 4.79 Å². The summed E-state index contributed by atoms with van der Waals surface area (Å²) in [6.45, 7) is 7.12. The van der Waals surface area contributed by atoms with Gasteiger partial charge in [-0.25, -0.2) is 4.79 Å². The van der Waals surface area contributed by atoms with E-state index in [1.54, 1.807) is 4.90 Å². The normalized spacial score (nSPS) is 21.9. The van der Waals surface area contributed by atoms with Gasteiger partial charge in [0, 0.05) is 44.2 Å². The number of hydrogen-bond acceptors (Lipinski definition) is 3. The molecule has 3 amide bonds. The van der Waals surface area contributed by atoms with Crippen molar-refractivity contribution in [3.8, 4) is 0 Å². The van der Waals surface area contributed by atoms with Crippen LogP contribution in [0.3, 0.4) is 0 Å². The van der Waals surface area contributed by atoms with Gasteiger partial charge in [0.2, 0.25) is 5.91 Å². The topological polar surface area (TPSA) is 78.7 Å². The van der Waals surface area contributed by atoms with Gasteiger partial charge in [0.05, 0.1) is 0 Å². The van der Waals surface area contributed by atoms with E-state index in [-0.39, 0.29) is 17.9 Å². The minimum absolute atomic E-state index is 0.0904. The lowest BCUT2D eigenvalue weighted by Gasteiger charge is -2.37. The fraction of sp³-hybridized carbons (Fsp3) is 0.867. The van der Waals surface area contributed by atoms with Crippen molar-refractivity contribution in [3.63, 3.8) is 0 Å². The highest BCUT2D eigenvalue weighted by Crippen LogP contribution is 2.17. The third-order valence-corrected chi connectivity index (χ3v) is 4.58. The number of rotatable bonds is 3. The molecule has 0 aliphatic carbocycles. The predicted octanol–water partition coefficient (Wildman–Crippen LogP) is 0.766. The Bertz CT molecular complexity index is 370. The van der Waals surface area contributed by atoms with E-state index in [9.17, 15) is 9.59 Å². The van der Waals surface area contributed by atoms with Crippen LogP contribution >= 0.6 is 0 Å². The maximum absolute atomic E-state index is 12.0. The van der Waals surface area contributed by atoms with Crippen LogP contribution in [0, 0.1) is 5.92 Å². The van der Waals surface area contributed by atoms with E-state index < -0.39 is 0 Å². The average molecular weight is 296 g/mol. The van der Waals surface area contributed by atoms with Gasteiger partial charge in [-0.1, -0.05) is 13.8 Å². The van der Waals surface area contributed by atoms with E-state index in [2.05, 4.69) is 5.32 Å². The SMILES string of the molecule is CC(C)C(=O)N1CCC(NC2CCN(C(N)=O)CC2)CC1. The van der Waals surface area contributed by atoms with Crippen molar-refractivity contribution in [1.82, 2.24) is 15.1 Å². The van der Waals surface area contributed by atoms with Crippen LogP contribution < -0.4 is 11.1 Å². The second-order valence-corrected chi connectivity index (χ2v) is 6.52. The number of hydrogen-bond donors (Lipinski definition) is 2. The standard InChI is InChI=1S/C15H28N4O2/c1-11(2)14(20)18-7-3-12(4-8-18)17-13-5-9-19(10-6-13)15(16)21/h11-13,17H,3-10H2,1-2H3,(H2,16,21). The molecule has 2 saturated heterocycles. The Morgan fingerprint density at radius 1 is 0.952 bits per heavy atom. The molecule has 2 heterocycles. The number of likely N-dealkylation sites (tertiary alicyclic amines) is 2. The second-order valence-electron chi connectivity index (χ2n) is 6.52. The lowest BCUT2D eigenvalue weighted by molar-refractivity contribution is -0.135. The molecule has 0 bridgehead atoms. The summed E-state index contributed by atoms with van der Waals surface area (Å²) in [4.78, 5) is 26.7. The molecule has 2 fully saturated rings. The molecular weight excluding hydrogens is 268 g/mol. The average Bonchev–Trinajstić information content (AvgIpc) is 2.47. The zero-order chi connectivity index (χ0) is 15.4. The Morgan fingerprint density at radius 3 is 1.76 bits per heavy atom. The van der Waals surface area contributed by atoms with Gasteiger partial charge in [-0.3, -0.25) is 4.79 Å². The number of primary amides is 1. The van der Waals surface area contributed by atoms with E-state index in [1.807, 2.05) is 18.7 Å². The van der Waals surface area contributed by atoms with Crippen molar-refractivity contribution in [3.05, 3.63) is 0 Å². The molecule has 2 aliphatic heterocycles. The van der Waals surface area contributed by atoms with E-state index >= 15 is 0 Å². The summed E-state index contributed by atoms with van der Waals surface area (Å²) in [5.41, 5.74) is 5.29. The van der Waals surface area contributed by atoms with Crippen LogP contribution in [0.5, 0.6) is 0 Å². The lowest BCUT2D eigenvalue weighted by atomic mass is 9.99. The third kappa shape index (κ3) is 4.33. The fourth-order valence-electron chi connectivity index (χ4n) is 3.23. The maximum atomic E-state index is 12.0. The Balaban J connectivity index is 1.70. The number of amides is 3. The van der Waals surface area contributed by atoms with Crippen molar-refractivity contribution in [2.75, 3.05) is 26.2 Å². The molecule has 6 heteroatoms. The molecule has 0 radical (unpaired) electrons. The number of nitrogens with two attached hydrogens (primary N) is 1. The van der Waals surface area contributed by atoms with Crippen LogP contribution in [0.25, 0.3) is 0 Å². The Hall–Kier alpha value is -1.30. The van der Waals surface area contributed by atoms with Crippen LogP contribution in [0.1, 0.15) is 39.5 Å². The smallest absolute Gasteiger partial charge is 0.314 e. The number of piperidine rings is 2. The quantitative estimate of drug-likeness (QED) is 0.807. The van der Waals surface area contributed by atoms with Gasteiger partial charge >= 0.3 is 6.03 Å². The fourth-order valence-corrected chi connectivity index (χ4v) is 3.23. The number of urea groups is 1. The number of carbonyl (C=O) groups is 2. The summed E-state index contributed by atoms with van der Waals surface area (Å²) in [6, 6.07) is 0.651. The van der Waals surface area contributed by atoms with E-state index in [0.717, 1.165) is 51.9 Å². The van der Waals surface area contributed by atoms with Crippen molar-refractivity contribution in [1.29, 1.82) is 0 Å². The molecule has 6 nitrogen and oxygen atoms in total. The van der Waals surface area contributed by atoms with Crippen molar-refractivity contribution in [2.24, 2.45) is 11.7 Å². The van der Waals surface area contributed by atoms with E-state index in [1.165, 1.54) is 0 Å². The van der Waals surface area contributed by atoms with Gasteiger partial charge in [-0.15, -0.1) is 0 Å². The molecular formula is C15H28N4O2. The predicted molar refractivity (Wildman–Crippen MR) is 81.8 cm³/mol. The molecule has 120 valence electrons. The molecule has 0 unspecified atom stereocenters. The number of nitrogens with zero attached hydrogens (tertiary/aromatic N) is 2. The summed E-state index contributed by atoms with van der Waals surface area (Å²) < 4.78 is 0. The summed E-state index contributed by atoms with van der Waals surface area (Å²) >= 11 is 0. The molecule has 2 aliphatic rings. The van der Waals surface area contributed by atoms with Crippen LogP contribution in [0.15, 0.2) is 0 Å². The van der Waals surface area contributed by atoms with Gasteiger partial charge in [0.15, 0.2) is 0 Å². The molecule has 0 atom stereocenters. The van der Waals surface area contributed by atoms with Gasteiger partial charge in [0.1, 0.15) is 0 Å². The maximum Gasteiger partial charge on any atom is 0.314 e. The number of nitrogens with one attached hydrogen (secondary N) is 1. The molecule has 2 rings (SSSR count). The molecule has 0 aromatic rings. The van der Waals surface area contributed by atoms with Crippen LogP contribution in [0.4, 0.5) is 4.79 Å². The van der Waals surface area contributed by atoms with Gasteiger partial charge < -0.3 is 20.9 Å². The minimum atomic E-state index is -0.311. The zero-order valence-electron chi connectivity index (χ0n) is 13.2. The van der Waals surface area contributed by atoms with Gasteiger partial charge in [0.25, 0.3) is 0 Å². The zero-order valence-corrected chi connectivity index (χ0v) is 13.2. The van der Waals surface area contributed by atoms with Crippen molar-refractivity contribution < 1.29 is 9.59 Å². The highest BCUT2D eigenvalue weighted by Gasteiger charge is 2.27. The molecule has 0 aromatic carbocycles. The Labute approximate surface area is 127 Å². The summed E-state index contributed by atoms with van der Waals surface area (Å²) in [6.07, 6.45) is 3.98. The highest BCUT2D eigenvalue weighted by molar-refractivity contribution is 5.78. The Morgan fingerprint density at radius 2 is 1.38 bits per heavy atom. The molecule has 0 spiro atoms. The highest BCUT2D eigenvalue weighted by atomic mass is 16.2. The largest absolute Gasteiger partial charge is 0.351 e. The summed E-state index contributed by atoms with van der Waals surface area (Å²) in [5, 5.41) is 3.69.